The van der Waals surface area contributed by atoms with Gasteiger partial charge in [-0.2, -0.15) is 11.8 Å². The maximum Gasteiger partial charge on any atom is 0.172 e. The Hall–Kier alpha value is -0.280. The molecule has 1 rings (SSSR count). The van der Waals surface area contributed by atoms with Crippen LogP contribution >= 0.6 is 27.7 Å². The molecule has 1 nitrogen and oxygen atoms in total. The van der Waals surface area contributed by atoms with E-state index in [-0.39, 0.29) is 5.78 Å². The van der Waals surface area contributed by atoms with Crippen molar-refractivity contribution in [2.24, 2.45) is 0 Å². The van der Waals surface area contributed by atoms with Crippen LogP contribution < -0.4 is 0 Å². The first kappa shape index (κ1) is 10.8. The van der Waals surface area contributed by atoms with Crippen molar-refractivity contribution in [3.05, 3.63) is 34.3 Å². The van der Waals surface area contributed by atoms with Crippen LogP contribution in [0.1, 0.15) is 17.3 Å². The molecule has 1 aromatic carbocycles. The lowest BCUT2D eigenvalue weighted by Crippen LogP contribution is -2.02. The molecule has 0 aliphatic heterocycles. The van der Waals surface area contributed by atoms with Gasteiger partial charge in [-0.3, -0.25) is 4.79 Å². The Kier molecular flexibility index (Phi) is 4.53. The second-order valence-electron chi connectivity index (χ2n) is 2.57. The van der Waals surface area contributed by atoms with E-state index >= 15 is 0 Å². The van der Waals surface area contributed by atoms with Crippen molar-refractivity contribution in [1.29, 1.82) is 0 Å². The summed E-state index contributed by atoms with van der Waals surface area (Å²) in [7, 11) is 0. The first-order valence-electron chi connectivity index (χ1n) is 4.10. The quantitative estimate of drug-likeness (QED) is 0.771. The minimum atomic E-state index is 0.202. The second kappa shape index (κ2) is 5.45. The summed E-state index contributed by atoms with van der Waals surface area (Å²) in [5.41, 5.74) is 0.787. The lowest BCUT2D eigenvalue weighted by molar-refractivity contribution is 0.102. The summed E-state index contributed by atoms with van der Waals surface area (Å²) in [6, 6.07) is 7.51. The fourth-order valence-corrected chi connectivity index (χ4v) is 1.90. The molecular formula is C10H11BrOS. The van der Waals surface area contributed by atoms with Crippen molar-refractivity contribution in [2.75, 3.05) is 11.5 Å². The van der Waals surface area contributed by atoms with Crippen LogP contribution in [0.25, 0.3) is 0 Å². The van der Waals surface area contributed by atoms with Gasteiger partial charge in [0.2, 0.25) is 0 Å². The molecule has 3 heteroatoms. The average molecular weight is 259 g/mol. The van der Waals surface area contributed by atoms with Gasteiger partial charge >= 0.3 is 0 Å². The predicted molar refractivity (Wildman–Crippen MR) is 61.5 cm³/mol. The fraction of sp³-hybridized carbons (Fsp3) is 0.300. The third kappa shape index (κ3) is 3.53. The van der Waals surface area contributed by atoms with Crippen molar-refractivity contribution in [3.8, 4) is 0 Å². The first-order valence-corrected chi connectivity index (χ1v) is 6.05. The zero-order valence-corrected chi connectivity index (χ0v) is 9.82. The molecule has 0 unspecified atom stereocenters. The average Bonchev–Trinajstić information content (AvgIpc) is 2.14. The van der Waals surface area contributed by atoms with E-state index in [0.717, 1.165) is 15.8 Å². The van der Waals surface area contributed by atoms with Gasteiger partial charge in [-0.05, 0) is 17.9 Å². The molecule has 0 amide bonds. The molecule has 0 aromatic heterocycles. The highest BCUT2D eigenvalue weighted by atomic mass is 79.9. The third-order valence-electron chi connectivity index (χ3n) is 1.58. The molecule has 0 atom stereocenters. The van der Waals surface area contributed by atoms with E-state index < -0.39 is 0 Å². The van der Waals surface area contributed by atoms with Crippen molar-refractivity contribution in [2.45, 2.75) is 6.92 Å². The number of carbonyl (C=O) groups is 1. The zero-order chi connectivity index (χ0) is 9.68. The molecule has 0 radical (unpaired) electrons. The van der Waals surface area contributed by atoms with Gasteiger partial charge in [0.25, 0.3) is 0 Å². The summed E-state index contributed by atoms with van der Waals surface area (Å²) in [5.74, 6) is 1.76. The summed E-state index contributed by atoms with van der Waals surface area (Å²) < 4.78 is 0.958. The summed E-state index contributed by atoms with van der Waals surface area (Å²) in [6.45, 7) is 2.05. The van der Waals surface area contributed by atoms with E-state index in [0.29, 0.717) is 5.75 Å². The molecule has 70 valence electrons. The molecule has 0 heterocycles. The maximum absolute atomic E-state index is 11.5. The van der Waals surface area contributed by atoms with Gasteiger partial charge in [0, 0.05) is 10.0 Å². The van der Waals surface area contributed by atoms with Crippen LogP contribution in [0.5, 0.6) is 0 Å². The largest absolute Gasteiger partial charge is 0.293 e. The standard InChI is InChI=1S/C10H11BrOS/c1-2-13-7-10(12)8-4-3-5-9(11)6-8/h3-6H,2,7H2,1H3. The van der Waals surface area contributed by atoms with Crippen molar-refractivity contribution >= 4 is 33.5 Å². The van der Waals surface area contributed by atoms with Crippen molar-refractivity contribution in [3.63, 3.8) is 0 Å². The molecule has 0 fully saturated rings. The Morgan fingerprint density at radius 2 is 2.31 bits per heavy atom. The molecule has 0 aliphatic rings. The Morgan fingerprint density at radius 3 is 2.92 bits per heavy atom. The fourth-order valence-electron chi connectivity index (χ4n) is 0.940. The topological polar surface area (TPSA) is 17.1 Å². The van der Waals surface area contributed by atoms with Gasteiger partial charge < -0.3 is 0 Å². The van der Waals surface area contributed by atoms with Crippen molar-refractivity contribution in [1.82, 2.24) is 0 Å². The third-order valence-corrected chi connectivity index (χ3v) is 2.95. The Morgan fingerprint density at radius 1 is 1.54 bits per heavy atom. The molecule has 0 spiro atoms. The highest BCUT2D eigenvalue weighted by Crippen LogP contribution is 2.13. The van der Waals surface area contributed by atoms with Crippen molar-refractivity contribution < 1.29 is 4.79 Å². The van der Waals surface area contributed by atoms with E-state index in [1.165, 1.54) is 0 Å². The number of thioether (sulfide) groups is 1. The molecule has 13 heavy (non-hydrogen) atoms. The van der Waals surface area contributed by atoms with Crippen LogP contribution in [0.4, 0.5) is 0 Å². The van der Waals surface area contributed by atoms with Crippen LogP contribution in [-0.2, 0) is 0 Å². The number of ketones is 1. The van der Waals surface area contributed by atoms with Crippen LogP contribution in [-0.4, -0.2) is 17.3 Å². The molecule has 0 saturated heterocycles. The van der Waals surface area contributed by atoms with E-state index in [9.17, 15) is 4.79 Å². The Bertz CT molecular complexity index is 299. The normalized spacial score (nSPS) is 10.0. The summed E-state index contributed by atoms with van der Waals surface area (Å²) >= 11 is 4.99. The van der Waals surface area contributed by atoms with Gasteiger partial charge in [-0.25, -0.2) is 0 Å². The van der Waals surface area contributed by atoms with Crippen LogP contribution in [0.2, 0.25) is 0 Å². The predicted octanol–water partition coefficient (Wildman–Crippen LogP) is 3.38. The van der Waals surface area contributed by atoms with Gasteiger partial charge in [0.05, 0.1) is 5.75 Å². The van der Waals surface area contributed by atoms with E-state index in [1.54, 1.807) is 11.8 Å². The van der Waals surface area contributed by atoms with Gasteiger partial charge in [-0.15, -0.1) is 0 Å². The number of benzene rings is 1. The number of hydrogen-bond donors (Lipinski definition) is 0. The molecular weight excluding hydrogens is 248 g/mol. The highest BCUT2D eigenvalue weighted by molar-refractivity contribution is 9.10. The van der Waals surface area contributed by atoms with E-state index in [2.05, 4.69) is 22.9 Å². The van der Waals surface area contributed by atoms with Crippen LogP contribution in [0.15, 0.2) is 28.7 Å². The number of halogens is 1. The summed E-state index contributed by atoms with van der Waals surface area (Å²) in [4.78, 5) is 11.5. The SMILES string of the molecule is CCSCC(=O)c1cccc(Br)c1. The number of Topliss-reactive ketones (excluding diaryl/α,β-unsaturated/α-hetero) is 1. The lowest BCUT2D eigenvalue weighted by Gasteiger charge is -1.99. The number of hydrogen-bond acceptors (Lipinski definition) is 2. The highest BCUT2D eigenvalue weighted by Gasteiger charge is 2.04. The minimum Gasteiger partial charge on any atom is -0.293 e. The number of rotatable bonds is 4. The molecule has 0 aliphatic carbocycles. The monoisotopic (exact) mass is 258 g/mol. The summed E-state index contributed by atoms with van der Waals surface area (Å²) in [5, 5.41) is 0. The Labute approximate surface area is 91.0 Å². The summed E-state index contributed by atoms with van der Waals surface area (Å²) in [6.07, 6.45) is 0. The van der Waals surface area contributed by atoms with Gasteiger partial charge in [-0.1, -0.05) is 35.0 Å². The van der Waals surface area contributed by atoms with E-state index in [1.807, 2.05) is 24.3 Å². The molecule has 0 saturated carbocycles. The second-order valence-corrected chi connectivity index (χ2v) is 4.76. The minimum absolute atomic E-state index is 0.202. The molecule has 0 N–H and O–H groups in total. The smallest absolute Gasteiger partial charge is 0.172 e. The lowest BCUT2D eigenvalue weighted by atomic mass is 10.2. The van der Waals surface area contributed by atoms with E-state index in [4.69, 9.17) is 0 Å². The zero-order valence-electron chi connectivity index (χ0n) is 7.42. The van der Waals surface area contributed by atoms with Gasteiger partial charge in [0.1, 0.15) is 0 Å². The maximum atomic E-state index is 11.5. The molecule has 1 aromatic rings. The van der Waals surface area contributed by atoms with Crippen LogP contribution in [0.3, 0.4) is 0 Å². The Balaban J connectivity index is 2.66. The van der Waals surface area contributed by atoms with Gasteiger partial charge in [0.15, 0.2) is 5.78 Å². The molecule has 0 bridgehead atoms. The first-order chi connectivity index (χ1) is 6.24. The van der Waals surface area contributed by atoms with Crippen LogP contribution in [0, 0.1) is 0 Å². The number of carbonyl (C=O) groups excluding carboxylic acids is 1.